The lowest BCUT2D eigenvalue weighted by molar-refractivity contribution is 0.515. The second-order valence-corrected chi connectivity index (χ2v) is 8.68. The van der Waals surface area contributed by atoms with E-state index < -0.39 is 0 Å². The zero-order valence-corrected chi connectivity index (χ0v) is 19.5. The van der Waals surface area contributed by atoms with Gasteiger partial charge in [0.1, 0.15) is 11.6 Å². The van der Waals surface area contributed by atoms with Crippen LogP contribution in [0.15, 0.2) is 66.0 Å². The van der Waals surface area contributed by atoms with Crippen molar-refractivity contribution in [2.75, 3.05) is 42.2 Å². The summed E-state index contributed by atoms with van der Waals surface area (Å²) in [5.41, 5.74) is 3.48. The van der Waals surface area contributed by atoms with Gasteiger partial charge in [0.15, 0.2) is 5.16 Å². The summed E-state index contributed by atoms with van der Waals surface area (Å²) in [6.07, 6.45) is 4.98. The average Bonchev–Trinajstić information content (AvgIpc) is 2.86. The first kappa shape index (κ1) is 22.6. The molecule has 0 bridgehead atoms. The molecule has 0 saturated carbocycles. The molecule has 168 valence electrons. The molecule has 1 fully saturated rings. The fourth-order valence-corrected chi connectivity index (χ4v) is 4.46. The fraction of sp³-hybridized carbons (Fsp3) is 0.360. The third-order valence-electron chi connectivity index (χ3n) is 5.92. The molecule has 1 saturated heterocycles. The Balaban J connectivity index is 1.46. The first-order chi connectivity index (χ1) is 15.7. The number of nitrogens with one attached hydrogen (secondary N) is 1. The summed E-state index contributed by atoms with van der Waals surface area (Å²) < 4.78 is 13.3. The molecular formula is C25H30FN5S. The SMILES string of the molecule is CC[C@@H](NCc1cnc(SC)nc1N1CCN(c2ccc(F)cc2)CC1)c1ccccc1. The Hall–Kier alpha value is -2.64. The maximum atomic E-state index is 13.3. The lowest BCUT2D eigenvalue weighted by Gasteiger charge is -2.37. The zero-order chi connectivity index (χ0) is 22.3. The second-order valence-electron chi connectivity index (χ2n) is 7.91. The Labute approximate surface area is 194 Å². The van der Waals surface area contributed by atoms with E-state index in [1.54, 1.807) is 11.8 Å². The van der Waals surface area contributed by atoms with E-state index in [-0.39, 0.29) is 5.82 Å². The number of halogens is 1. The summed E-state index contributed by atoms with van der Waals surface area (Å²) in [6, 6.07) is 17.6. The molecule has 5 nitrogen and oxygen atoms in total. The van der Waals surface area contributed by atoms with Crippen LogP contribution >= 0.6 is 11.8 Å². The number of aromatic nitrogens is 2. The largest absolute Gasteiger partial charge is 0.368 e. The molecule has 0 radical (unpaired) electrons. The predicted octanol–water partition coefficient (Wildman–Crippen LogP) is 4.91. The summed E-state index contributed by atoms with van der Waals surface area (Å²) in [5.74, 6) is 0.814. The second kappa shape index (κ2) is 10.8. The first-order valence-corrected chi connectivity index (χ1v) is 12.3. The molecule has 0 unspecified atom stereocenters. The number of rotatable bonds is 8. The molecule has 1 atom stereocenters. The molecule has 7 heteroatoms. The van der Waals surface area contributed by atoms with Crippen molar-refractivity contribution in [3.8, 4) is 0 Å². The summed E-state index contributed by atoms with van der Waals surface area (Å²) in [5, 5.41) is 4.49. The van der Waals surface area contributed by atoms with E-state index in [1.807, 2.05) is 24.6 Å². The zero-order valence-electron chi connectivity index (χ0n) is 18.7. The average molecular weight is 452 g/mol. The van der Waals surface area contributed by atoms with E-state index in [0.717, 1.165) is 61.4 Å². The van der Waals surface area contributed by atoms with Crippen molar-refractivity contribution in [2.45, 2.75) is 31.1 Å². The van der Waals surface area contributed by atoms with E-state index >= 15 is 0 Å². The summed E-state index contributed by atoms with van der Waals surface area (Å²) in [6.45, 7) is 6.40. The van der Waals surface area contributed by atoms with Gasteiger partial charge in [0, 0.05) is 56.2 Å². The maximum absolute atomic E-state index is 13.3. The molecule has 1 N–H and O–H groups in total. The summed E-state index contributed by atoms with van der Waals surface area (Å²) in [4.78, 5) is 14.1. The normalized spacial score (nSPS) is 15.1. The number of anilines is 2. The van der Waals surface area contributed by atoms with Gasteiger partial charge in [-0.05, 0) is 42.5 Å². The topological polar surface area (TPSA) is 44.3 Å². The highest BCUT2D eigenvalue weighted by atomic mass is 32.2. The number of benzene rings is 2. The van der Waals surface area contributed by atoms with Crippen LogP contribution in [-0.4, -0.2) is 42.4 Å². The van der Waals surface area contributed by atoms with Crippen molar-refractivity contribution in [1.29, 1.82) is 0 Å². The highest BCUT2D eigenvalue weighted by molar-refractivity contribution is 7.98. The smallest absolute Gasteiger partial charge is 0.189 e. The third kappa shape index (κ3) is 5.40. The van der Waals surface area contributed by atoms with Gasteiger partial charge < -0.3 is 15.1 Å². The molecule has 4 rings (SSSR count). The molecule has 32 heavy (non-hydrogen) atoms. The Morgan fingerprint density at radius 3 is 2.34 bits per heavy atom. The Kier molecular flexibility index (Phi) is 7.60. The number of hydrogen-bond donors (Lipinski definition) is 1. The van der Waals surface area contributed by atoms with Gasteiger partial charge in [0.2, 0.25) is 0 Å². The minimum absolute atomic E-state index is 0.198. The van der Waals surface area contributed by atoms with E-state index in [4.69, 9.17) is 4.98 Å². The van der Waals surface area contributed by atoms with Crippen molar-refractivity contribution in [1.82, 2.24) is 15.3 Å². The molecular weight excluding hydrogens is 421 g/mol. The molecule has 0 aliphatic carbocycles. The van der Waals surface area contributed by atoms with Gasteiger partial charge in [0.05, 0.1) is 0 Å². The first-order valence-electron chi connectivity index (χ1n) is 11.1. The van der Waals surface area contributed by atoms with Gasteiger partial charge in [0.25, 0.3) is 0 Å². The molecule has 3 aromatic rings. The van der Waals surface area contributed by atoms with Crippen LogP contribution in [0.3, 0.4) is 0 Å². The minimum atomic E-state index is -0.198. The lowest BCUT2D eigenvalue weighted by Crippen LogP contribution is -2.47. The van der Waals surface area contributed by atoms with Crippen molar-refractivity contribution >= 4 is 23.3 Å². The number of hydrogen-bond acceptors (Lipinski definition) is 6. The number of piperazine rings is 1. The van der Waals surface area contributed by atoms with E-state index in [0.29, 0.717) is 6.04 Å². The van der Waals surface area contributed by atoms with Gasteiger partial charge >= 0.3 is 0 Å². The van der Waals surface area contributed by atoms with Crippen LogP contribution in [0.2, 0.25) is 0 Å². The monoisotopic (exact) mass is 451 g/mol. The fourth-order valence-electron chi connectivity index (χ4n) is 4.12. The highest BCUT2D eigenvalue weighted by Crippen LogP contribution is 2.25. The van der Waals surface area contributed by atoms with Crippen LogP contribution in [0.4, 0.5) is 15.9 Å². The molecule has 1 aliphatic rings. The summed E-state index contributed by atoms with van der Waals surface area (Å²) in [7, 11) is 0. The molecule has 2 heterocycles. The van der Waals surface area contributed by atoms with Crippen molar-refractivity contribution in [3.05, 3.63) is 77.7 Å². The van der Waals surface area contributed by atoms with Crippen LogP contribution in [-0.2, 0) is 6.54 Å². The van der Waals surface area contributed by atoms with E-state index in [2.05, 4.69) is 57.4 Å². The number of thioether (sulfide) groups is 1. The van der Waals surface area contributed by atoms with Crippen molar-refractivity contribution in [3.63, 3.8) is 0 Å². The van der Waals surface area contributed by atoms with E-state index in [9.17, 15) is 4.39 Å². The van der Waals surface area contributed by atoms with E-state index in [1.165, 1.54) is 17.7 Å². The van der Waals surface area contributed by atoms with Crippen LogP contribution in [0.5, 0.6) is 0 Å². The maximum Gasteiger partial charge on any atom is 0.189 e. The molecule has 1 aliphatic heterocycles. The van der Waals surface area contributed by atoms with Crippen LogP contribution in [0.1, 0.15) is 30.5 Å². The molecule has 1 aromatic heterocycles. The third-order valence-corrected chi connectivity index (χ3v) is 6.48. The highest BCUT2D eigenvalue weighted by Gasteiger charge is 2.22. The summed E-state index contributed by atoms with van der Waals surface area (Å²) >= 11 is 1.56. The molecule has 0 spiro atoms. The van der Waals surface area contributed by atoms with Crippen LogP contribution in [0, 0.1) is 5.82 Å². The van der Waals surface area contributed by atoms with Crippen LogP contribution < -0.4 is 15.1 Å². The van der Waals surface area contributed by atoms with Gasteiger partial charge in [-0.2, -0.15) is 0 Å². The Morgan fingerprint density at radius 1 is 1.00 bits per heavy atom. The number of nitrogens with zero attached hydrogens (tertiary/aromatic N) is 4. The van der Waals surface area contributed by atoms with Gasteiger partial charge in [-0.25, -0.2) is 14.4 Å². The standard InChI is InChI=1S/C25H30FN5S/c1-3-23(19-7-5-4-6-8-19)27-17-20-18-28-25(32-2)29-24(20)31-15-13-30(14-16-31)22-11-9-21(26)10-12-22/h4-12,18,23,27H,3,13-17H2,1-2H3/t23-/m1/s1. The lowest BCUT2D eigenvalue weighted by atomic mass is 10.0. The molecule has 0 amide bonds. The van der Waals surface area contributed by atoms with Gasteiger partial charge in [-0.15, -0.1) is 0 Å². The van der Waals surface area contributed by atoms with Crippen molar-refractivity contribution in [2.24, 2.45) is 0 Å². The predicted molar refractivity (Wildman–Crippen MR) is 131 cm³/mol. The quantitative estimate of drug-likeness (QED) is 0.388. The Bertz CT molecular complexity index is 991. The minimum Gasteiger partial charge on any atom is -0.368 e. The van der Waals surface area contributed by atoms with Gasteiger partial charge in [-0.3, -0.25) is 0 Å². The van der Waals surface area contributed by atoms with Crippen LogP contribution in [0.25, 0.3) is 0 Å². The van der Waals surface area contributed by atoms with Crippen molar-refractivity contribution < 1.29 is 4.39 Å². The molecule has 2 aromatic carbocycles. The van der Waals surface area contributed by atoms with Gasteiger partial charge in [-0.1, -0.05) is 49.0 Å². The Morgan fingerprint density at radius 2 is 1.69 bits per heavy atom.